The summed E-state index contributed by atoms with van der Waals surface area (Å²) >= 11 is 0. The fourth-order valence-electron chi connectivity index (χ4n) is 3.36. The van der Waals surface area contributed by atoms with Crippen LogP contribution in [0.2, 0.25) is 0 Å². The number of nitrogens with two attached hydrogens (primary N) is 1. The first kappa shape index (κ1) is 19.4. The maximum absolute atomic E-state index is 6.10. The van der Waals surface area contributed by atoms with Crippen LogP contribution < -0.4 is 11.1 Å². The van der Waals surface area contributed by atoms with Crippen molar-refractivity contribution in [2.75, 3.05) is 45.9 Å². The summed E-state index contributed by atoms with van der Waals surface area (Å²) < 4.78 is 5.38. The Labute approximate surface area is 162 Å². The van der Waals surface area contributed by atoms with Gasteiger partial charge in [-0.05, 0) is 24.1 Å². The molecule has 0 atom stereocenters. The van der Waals surface area contributed by atoms with Crippen LogP contribution in [-0.2, 0) is 4.74 Å². The lowest BCUT2D eigenvalue weighted by Gasteiger charge is -2.26. The van der Waals surface area contributed by atoms with Gasteiger partial charge in [-0.2, -0.15) is 0 Å². The predicted octanol–water partition coefficient (Wildman–Crippen LogP) is 2.45. The summed E-state index contributed by atoms with van der Waals surface area (Å²) in [6, 6.07) is 21.0. The molecule has 1 saturated heterocycles. The van der Waals surface area contributed by atoms with Crippen LogP contribution in [0.25, 0.3) is 0 Å². The third-order valence-electron chi connectivity index (χ3n) is 4.91. The summed E-state index contributed by atoms with van der Waals surface area (Å²) in [7, 11) is 0. The van der Waals surface area contributed by atoms with E-state index in [1.165, 1.54) is 11.1 Å². The quantitative estimate of drug-likeness (QED) is 0.428. The van der Waals surface area contributed by atoms with Crippen LogP contribution in [0.4, 0.5) is 0 Å². The van der Waals surface area contributed by atoms with Crippen molar-refractivity contribution in [2.24, 2.45) is 10.7 Å². The van der Waals surface area contributed by atoms with E-state index in [4.69, 9.17) is 10.5 Å². The van der Waals surface area contributed by atoms with E-state index in [0.29, 0.717) is 12.5 Å². The minimum Gasteiger partial charge on any atom is -0.379 e. The molecule has 1 aliphatic heterocycles. The first-order valence-corrected chi connectivity index (χ1v) is 9.77. The van der Waals surface area contributed by atoms with Crippen LogP contribution in [0.5, 0.6) is 0 Å². The third-order valence-corrected chi connectivity index (χ3v) is 4.91. The normalized spacial score (nSPS) is 15.8. The SMILES string of the molecule is NC(=NCC(c1ccccc1)c1ccccc1)NCCCN1CCOCC1. The van der Waals surface area contributed by atoms with Gasteiger partial charge in [0.15, 0.2) is 5.96 Å². The lowest BCUT2D eigenvalue weighted by molar-refractivity contribution is 0.0376. The van der Waals surface area contributed by atoms with Crippen molar-refractivity contribution in [1.82, 2.24) is 10.2 Å². The number of guanidine groups is 1. The molecule has 0 saturated carbocycles. The van der Waals surface area contributed by atoms with Crippen LogP contribution in [-0.4, -0.2) is 56.8 Å². The van der Waals surface area contributed by atoms with Gasteiger partial charge in [-0.15, -0.1) is 0 Å². The van der Waals surface area contributed by atoms with E-state index in [0.717, 1.165) is 45.8 Å². The molecular weight excluding hydrogens is 336 g/mol. The summed E-state index contributed by atoms with van der Waals surface area (Å²) in [6.45, 7) is 6.29. The predicted molar refractivity (Wildman–Crippen MR) is 111 cm³/mol. The zero-order valence-electron chi connectivity index (χ0n) is 15.9. The van der Waals surface area contributed by atoms with Gasteiger partial charge >= 0.3 is 0 Å². The molecule has 0 aliphatic carbocycles. The van der Waals surface area contributed by atoms with Gasteiger partial charge in [0, 0.05) is 25.6 Å². The molecule has 3 rings (SSSR count). The molecule has 5 nitrogen and oxygen atoms in total. The Morgan fingerprint density at radius 3 is 2.19 bits per heavy atom. The van der Waals surface area contributed by atoms with Crippen molar-refractivity contribution < 1.29 is 4.74 Å². The zero-order chi connectivity index (χ0) is 18.7. The molecule has 2 aromatic carbocycles. The Morgan fingerprint density at radius 2 is 1.59 bits per heavy atom. The molecule has 144 valence electrons. The molecule has 0 amide bonds. The molecule has 0 aromatic heterocycles. The van der Waals surface area contributed by atoms with Gasteiger partial charge in [-0.3, -0.25) is 9.89 Å². The summed E-state index contributed by atoms with van der Waals surface area (Å²) in [6.07, 6.45) is 1.05. The average molecular weight is 367 g/mol. The van der Waals surface area contributed by atoms with E-state index in [-0.39, 0.29) is 5.92 Å². The van der Waals surface area contributed by atoms with E-state index < -0.39 is 0 Å². The molecule has 1 aliphatic rings. The number of nitrogens with one attached hydrogen (secondary N) is 1. The maximum atomic E-state index is 6.10. The second-order valence-corrected chi connectivity index (χ2v) is 6.83. The summed E-state index contributed by atoms with van der Waals surface area (Å²) in [5, 5.41) is 3.25. The zero-order valence-corrected chi connectivity index (χ0v) is 15.9. The minimum absolute atomic E-state index is 0.209. The summed E-state index contributed by atoms with van der Waals surface area (Å²) in [5.41, 5.74) is 8.62. The number of hydrogen-bond donors (Lipinski definition) is 2. The lowest BCUT2D eigenvalue weighted by atomic mass is 9.91. The molecule has 0 bridgehead atoms. The number of ether oxygens (including phenoxy) is 1. The summed E-state index contributed by atoms with van der Waals surface area (Å²) in [4.78, 5) is 7.04. The van der Waals surface area contributed by atoms with Crippen molar-refractivity contribution in [3.05, 3.63) is 71.8 Å². The van der Waals surface area contributed by atoms with Gasteiger partial charge in [-0.25, -0.2) is 0 Å². The van der Waals surface area contributed by atoms with Crippen LogP contribution in [0.15, 0.2) is 65.7 Å². The Hall–Kier alpha value is -2.37. The highest BCUT2D eigenvalue weighted by molar-refractivity contribution is 5.77. The first-order chi connectivity index (χ1) is 13.3. The first-order valence-electron chi connectivity index (χ1n) is 9.77. The average Bonchev–Trinajstić information content (AvgIpc) is 2.74. The molecule has 5 heteroatoms. The van der Waals surface area contributed by atoms with E-state index in [9.17, 15) is 0 Å². The monoisotopic (exact) mass is 366 g/mol. The third kappa shape index (κ3) is 6.38. The fraction of sp³-hybridized carbons (Fsp3) is 0.409. The smallest absolute Gasteiger partial charge is 0.188 e. The molecule has 1 heterocycles. The highest BCUT2D eigenvalue weighted by Gasteiger charge is 2.13. The highest BCUT2D eigenvalue weighted by Crippen LogP contribution is 2.24. The molecular formula is C22H30N4O. The second kappa shape index (κ2) is 10.7. The lowest BCUT2D eigenvalue weighted by Crippen LogP contribution is -2.39. The maximum Gasteiger partial charge on any atom is 0.188 e. The molecule has 0 radical (unpaired) electrons. The van der Waals surface area contributed by atoms with Crippen molar-refractivity contribution in [2.45, 2.75) is 12.3 Å². The van der Waals surface area contributed by atoms with Gasteiger partial charge in [0.05, 0.1) is 19.8 Å². The Morgan fingerprint density at radius 1 is 1.00 bits per heavy atom. The van der Waals surface area contributed by atoms with Crippen molar-refractivity contribution in [1.29, 1.82) is 0 Å². The van der Waals surface area contributed by atoms with E-state index in [1.54, 1.807) is 0 Å². The number of nitrogens with zero attached hydrogens (tertiary/aromatic N) is 2. The molecule has 0 unspecified atom stereocenters. The van der Waals surface area contributed by atoms with Crippen molar-refractivity contribution in [3.63, 3.8) is 0 Å². The van der Waals surface area contributed by atoms with Crippen molar-refractivity contribution in [3.8, 4) is 0 Å². The largest absolute Gasteiger partial charge is 0.379 e. The molecule has 0 spiro atoms. The molecule has 2 aromatic rings. The topological polar surface area (TPSA) is 62.9 Å². The number of morpholine rings is 1. The Bertz CT molecular complexity index is 644. The molecule has 3 N–H and O–H groups in total. The molecule has 27 heavy (non-hydrogen) atoms. The van der Waals surface area contributed by atoms with Crippen LogP contribution in [0.1, 0.15) is 23.5 Å². The van der Waals surface area contributed by atoms with Gasteiger partial charge in [0.1, 0.15) is 0 Å². The van der Waals surface area contributed by atoms with Gasteiger partial charge in [0.25, 0.3) is 0 Å². The van der Waals surface area contributed by atoms with Crippen molar-refractivity contribution >= 4 is 5.96 Å². The van der Waals surface area contributed by atoms with Crippen LogP contribution in [0, 0.1) is 0 Å². The number of hydrogen-bond acceptors (Lipinski definition) is 3. The van der Waals surface area contributed by atoms with E-state index in [2.05, 4.69) is 63.7 Å². The number of aliphatic imine (C=N–C) groups is 1. The van der Waals surface area contributed by atoms with E-state index in [1.807, 2.05) is 12.1 Å². The number of benzene rings is 2. The Kier molecular flexibility index (Phi) is 7.69. The Balaban J connectivity index is 1.51. The minimum atomic E-state index is 0.209. The fourth-order valence-corrected chi connectivity index (χ4v) is 3.36. The van der Waals surface area contributed by atoms with Gasteiger partial charge < -0.3 is 15.8 Å². The summed E-state index contributed by atoms with van der Waals surface area (Å²) in [5.74, 6) is 0.731. The van der Waals surface area contributed by atoms with Gasteiger partial charge in [0.2, 0.25) is 0 Å². The standard InChI is InChI=1S/C22H30N4O/c23-22(24-12-7-13-26-14-16-27-17-15-26)25-18-21(19-8-3-1-4-9-19)20-10-5-2-6-11-20/h1-6,8-11,21H,7,12-18H2,(H3,23,24,25). The van der Waals surface area contributed by atoms with Gasteiger partial charge in [-0.1, -0.05) is 60.7 Å². The highest BCUT2D eigenvalue weighted by atomic mass is 16.5. The van der Waals surface area contributed by atoms with Crippen LogP contribution >= 0.6 is 0 Å². The number of rotatable bonds is 8. The second-order valence-electron chi connectivity index (χ2n) is 6.83. The van der Waals surface area contributed by atoms with Crippen LogP contribution in [0.3, 0.4) is 0 Å². The van der Waals surface area contributed by atoms with E-state index >= 15 is 0 Å². The molecule has 1 fully saturated rings.